The lowest BCUT2D eigenvalue weighted by Crippen LogP contribution is -2.31. The van der Waals surface area contributed by atoms with Crippen LogP contribution in [0.15, 0.2) is 78.0 Å². The molecular formula is C28H28N6O4. The highest BCUT2D eigenvalue weighted by Gasteiger charge is 2.35. The number of amides is 1. The summed E-state index contributed by atoms with van der Waals surface area (Å²) in [5, 5.41) is 18.1. The van der Waals surface area contributed by atoms with Crippen molar-refractivity contribution < 1.29 is 19.0 Å². The second-order valence-corrected chi connectivity index (χ2v) is 8.85. The number of para-hydroxylation sites is 2. The summed E-state index contributed by atoms with van der Waals surface area (Å²) in [7, 11) is 3.14. The number of carbonyl (C=O) groups is 1. The van der Waals surface area contributed by atoms with Crippen LogP contribution in [0.1, 0.15) is 29.7 Å². The highest BCUT2D eigenvalue weighted by atomic mass is 16.5. The molecule has 1 atom stereocenters. The number of anilines is 2. The quantitative estimate of drug-likeness (QED) is 0.355. The third-order valence-electron chi connectivity index (χ3n) is 6.33. The molecule has 5 rings (SSSR count). The van der Waals surface area contributed by atoms with Crippen molar-refractivity contribution in [2.24, 2.45) is 0 Å². The van der Waals surface area contributed by atoms with Gasteiger partial charge in [0.15, 0.2) is 11.5 Å². The smallest absolute Gasteiger partial charge is 0.255 e. The zero-order valence-electron chi connectivity index (χ0n) is 21.6. The van der Waals surface area contributed by atoms with Crippen LogP contribution in [0, 0.1) is 6.92 Å². The lowest BCUT2D eigenvalue weighted by molar-refractivity contribution is -0.113. The summed E-state index contributed by atoms with van der Waals surface area (Å²) in [5.74, 6) is 1.79. The van der Waals surface area contributed by atoms with Gasteiger partial charge in [0, 0.05) is 5.70 Å². The fourth-order valence-electron chi connectivity index (χ4n) is 4.37. The van der Waals surface area contributed by atoms with Gasteiger partial charge in [-0.2, -0.15) is 4.68 Å². The number of hydrogen-bond acceptors (Lipinski definition) is 8. The van der Waals surface area contributed by atoms with Crippen LogP contribution in [0.2, 0.25) is 0 Å². The normalized spacial score (nSPS) is 14.4. The SMILES string of the molecule is COc1ccccc1NC(=O)C1=C(C)Nc2nnnn2C1c1ccc(OCc2ccc(C)cc2)c(OC)c1. The van der Waals surface area contributed by atoms with E-state index in [9.17, 15) is 4.79 Å². The summed E-state index contributed by atoms with van der Waals surface area (Å²) >= 11 is 0. The van der Waals surface area contributed by atoms with Crippen molar-refractivity contribution in [1.82, 2.24) is 20.2 Å². The van der Waals surface area contributed by atoms with Gasteiger partial charge in [-0.25, -0.2) is 0 Å². The molecule has 1 aromatic heterocycles. The van der Waals surface area contributed by atoms with Gasteiger partial charge in [-0.15, -0.1) is 0 Å². The molecule has 0 saturated carbocycles. The molecule has 0 radical (unpaired) electrons. The Balaban J connectivity index is 1.47. The van der Waals surface area contributed by atoms with Gasteiger partial charge in [-0.3, -0.25) is 4.79 Å². The Labute approximate surface area is 220 Å². The minimum Gasteiger partial charge on any atom is -0.495 e. The van der Waals surface area contributed by atoms with E-state index in [2.05, 4.69) is 26.2 Å². The predicted molar refractivity (Wildman–Crippen MR) is 142 cm³/mol. The number of ether oxygens (including phenoxy) is 3. The van der Waals surface area contributed by atoms with Crippen molar-refractivity contribution in [2.75, 3.05) is 24.9 Å². The molecule has 10 heteroatoms. The topological polar surface area (TPSA) is 112 Å². The van der Waals surface area contributed by atoms with Crippen LogP contribution >= 0.6 is 0 Å². The van der Waals surface area contributed by atoms with Crippen LogP contribution in [-0.4, -0.2) is 40.3 Å². The Bertz CT molecular complexity index is 1500. The molecule has 4 aromatic rings. The lowest BCUT2D eigenvalue weighted by Gasteiger charge is -2.28. The standard InChI is InChI=1S/C28H28N6O4/c1-17-9-11-19(12-10-17)16-38-23-14-13-20(15-24(23)37-4)26-25(18(2)29-28-31-32-33-34(26)28)27(35)30-21-7-5-6-8-22(21)36-3/h5-15,26H,16H2,1-4H3,(H,30,35)(H,29,31,33). The molecule has 0 saturated heterocycles. The first-order valence-corrected chi connectivity index (χ1v) is 12.0. The molecule has 194 valence electrons. The minimum absolute atomic E-state index is 0.315. The Hall–Kier alpha value is -4.86. The number of rotatable bonds is 8. The number of aromatic nitrogens is 4. The van der Waals surface area contributed by atoms with Crippen LogP contribution in [0.3, 0.4) is 0 Å². The molecule has 0 bridgehead atoms. The Morgan fingerprint density at radius 1 is 0.974 bits per heavy atom. The molecule has 0 fully saturated rings. The zero-order valence-corrected chi connectivity index (χ0v) is 21.6. The number of methoxy groups -OCH3 is 2. The first-order chi connectivity index (χ1) is 18.5. The Kier molecular flexibility index (Phi) is 6.94. The van der Waals surface area contributed by atoms with Crippen LogP contribution in [0.4, 0.5) is 11.6 Å². The number of nitrogens with zero attached hydrogens (tertiary/aromatic N) is 4. The summed E-state index contributed by atoms with van der Waals surface area (Å²) < 4.78 is 18.7. The highest BCUT2D eigenvalue weighted by Crippen LogP contribution is 2.39. The van der Waals surface area contributed by atoms with Crippen molar-refractivity contribution in [2.45, 2.75) is 26.5 Å². The van der Waals surface area contributed by atoms with Gasteiger partial charge in [0.05, 0.1) is 25.5 Å². The monoisotopic (exact) mass is 512 g/mol. The van der Waals surface area contributed by atoms with E-state index in [1.54, 1.807) is 31.0 Å². The van der Waals surface area contributed by atoms with E-state index < -0.39 is 6.04 Å². The van der Waals surface area contributed by atoms with Crippen molar-refractivity contribution in [3.8, 4) is 17.2 Å². The largest absolute Gasteiger partial charge is 0.495 e. The Morgan fingerprint density at radius 3 is 2.50 bits per heavy atom. The van der Waals surface area contributed by atoms with E-state index in [0.717, 1.165) is 11.1 Å². The van der Waals surface area contributed by atoms with E-state index in [-0.39, 0.29) is 5.91 Å². The average molecular weight is 513 g/mol. The number of fused-ring (bicyclic) bond motifs is 1. The zero-order chi connectivity index (χ0) is 26.6. The molecule has 1 amide bonds. The van der Waals surface area contributed by atoms with E-state index in [1.165, 1.54) is 5.56 Å². The molecule has 3 aromatic carbocycles. The number of aryl methyl sites for hydroxylation is 1. The van der Waals surface area contributed by atoms with Gasteiger partial charge in [0.2, 0.25) is 5.95 Å². The van der Waals surface area contributed by atoms with Crippen molar-refractivity contribution in [3.05, 3.63) is 94.7 Å². The average Bonchev–Trinajstić information content (AvgIpc) is 3.40. The maximum Gasteiger partial charge on any atom is 0.255 e. The molecular weight excluding hydrogens is 484 g/mol. The van der Waals surface area contributed by atoms with Crippen molar-refractivity contribution in [3.63, 3.8) is 0 Å². The summed E-state index contributed by atoms with van der Waals surface area (Å²) in [5.41, 5.74) is 4.62. The van der Waals surface area contributed by atoms with Crippen molar-refractivity contribution >= 4 is 17.5 Å². The van der Waals surface area contributed by atoms with Gasteiger partial charge >= 0.3 is 0 Å². The van der Waals surface area contributed by atoms with E-state index in [1.807, 2.05) is 68.4 Å². The van der Waals surface area contributed by atoms with E-state index in [4.69, 9.17) is 14.2 Å². The van der Waals surface area contributed by atoms with Gasteiger partial charge in [-0.05, 0) is 59.7 Å². The molecule has 1 unspecified atom stereocenters. The van der Waals surface area contributed by atoms with Gasteiger partial charge in [-0.1, -0.05) is 53.1 Å². The number of tetrazole rings is 1. The minimum atomic E-state index is -0.615. The number of benzene rings is 3. The third kappa shape index (κ3) is 4.88. The first kappa shape index (κ1) is 24.8. The van der Waals surface area contributed by atoms with E-state index in [0.29, 0.717) is 46.8 Å². The van der Waals surface area contributed by atoms with Gasteiger partial charge in [0.25, 0.3) is 5.91 Å². The first-order valence-electron chi connectivity index (χ1n) is 12.0. The summed E-state index contributed by atoms with van der Waals surface area (Å²) in [6.45, 7) is 4.26. The van der Waals surface area contributed by atoms with E-state index >= 15 is 0 Å². The predicted octanol–water partition coefficient (Wildman–Crippen LogP) is 4.51. The number of carbonyl (C=O) groups excluding carboxylic acids is 1. The van der Waals surface area contributed by atoms with Gasteiger partial charge in [0.1, 0.15) is 18.4 Å². The van der Waals surface area contributed by atoms with Crippen molar-refractivity contribution in [1.29, 1.82) is 0 Å². The van der Waals surface area contributed by atoms with Gasteiger partial charge < -0.3 is 24.8 Å². The third-order valence-corrected chi connectivity index (χ3v) is 6.33. The maximum atomic E-state index is 13.7. The molecule has 2 N–H and O–H groups in total. The lowest BCUT2D eigenvalue weighted by atomic mass is 9.94. The van der Waals surface area contributed by atoms with Crippen LogP contribution in [0.5, 0.6) is 17.2 Å². The fourth-order valence-corrected chi connectivity index (χ4v) is 4.37. The molecule has 0 spiro atoms. The molecule has 38 heavy (non-hydrogen) atoms. The molecule has 1 aliphatic heterocycles. The summed E-state index contributed by atoms with van der Waals surface area (Å²) in [4.78, 5) is 13.7. The molecule has 0 aliphatic carbocycles. The Morgan fingerprint density at radius 2 is 1.74 bits per heavy atom. The second kappa shape index (κ2) is 10.6. The van der Waals surface area contributed by atoms with Crippen LogP contribution in [-0.2, 0) is 11.4 Å². The number of allylic oxidation sites excluding steroid dienone is 1. The molecule has 10 nitrogen and oxygen atoms in total. The molecule has 1 aliphatic rings. The van der Waals surface area contributed by atoms with Crippen LogP contribution < -0.4 is 24.8 Å². The van der Waals surface area contributed by atoms with Crippen LogP contribution in [0.25, 0.3) is 0 Å². The second-order valence-electron chi connectivity index (χ2n) is 8.85. The fraction of sp³-hybridized carbons (Fsp3) is 0.214. The summed E-state index contributed by atoms with van der Waals surface area (Å²) in [6, 6.07) is 20.3. The number of hydrogen-bond donors (Lipinski definition) is 2. The maximum absolute atomic E-state index is 13.7. The number of nitrogens with one attached hydrogen (secondary N) is 2. The molecule has 2 heterocycles. The highest BCUT2D eigenvalue weighted by molar-refractivity contribution is 6.06. The summed E-state index contributed by atoms with van der Waals surface area (Å²) in [6.07, 6.45) is 0.